The number of nitrogens with zero attached hydrogens (tertiary/aromatic N) is 5. The van der Waals surface area contributed by atoms with Gasteiger partial charge < -0.3 is 29.9 Å². The third-order valence-corrected chi connectivity index (χ3v) is 6.44. The van der Waals surface area contributed by atoms with Crippen LogP contribution in [0.15, 0.2) is 30.5 Å². The largest absolute Gasteiger partial charge is 0.480 e. The van der Waals surface area contributed by atoms with Gasteiger partial charge in [0.25, 0.3) is 0 Å². The molecule has 0 saturated carbocycles. The summed E-state index contributed by atoms with van der Waals surface area (Å²) in [5.74, 6) is -3.17. The van der Waals surface area contributed by atoms with E-state index in [0.29, 0.717) is 42.4 Å². The molecule has 1 atom stereocenters. The maximum atomic E-state index is 13.3. The zero-order chi connectivity index (χ0) is 29.4. The molecule has 0 spiro atoms. The number of aromatic nitrogens is 2. The minimum Gasteiger partial charge on any atom is -0.480 e. The van der Waals surface area contributed by atoms with Crippen LogP contribution in [0.3, 0.4) is 0 Å². The van der Waals surface area contributed by atoms with Gasteiger partial charge in [-0.1, -0.05) is 12.1 Å². The van der Waals surface area contributed by atoms with Gasteiger partial charge in [-0.3, -0.25) is 4.79 Å². The van der Waals surface area contributed by atoms with Crippen LogP contribution in [-0.2, 0) is 16.0 Å². The van der Waals surface area contributed by atoms with Crippen molar-refractivity contribution >= 4 is 35.4 Å². The Labute approximate surface area is 229 Å². The van der Waals surface area contributed by atoms with Crippen LogP contribution < -0.4 is 19.9 Å². The molecule has 14 heteroatoms. The van der Waals surface area contributed by atoms with E-state index < -0.39 is 30.2 Å². The Balaban J connectivity index is 1.87. The average molecular weight is 567 g/mol. The predicted molar refractivity (Wildman–Crippen MR) is 142 cm³/mol. The highest BCUT2D eigenvalue weighted by Crippen LogP contribution is 2.30. The number of amides is 2. The Morgan fingerprint density at radius 2 is 1.70 bits per heavy atom. The van der Waals surface area contributed by atoms with E-state index in [2.05, 4.69) is 15.3 Å². The molecule has 11 nitrogen and oxygen atoms in total. The standard InChI is InChI=1S/C26H33F3N6O5/c1-4-33(5-2)24-30-16-20(35(6-3)23(38)26(27,28)29)21(32-24)31-19(22(36)37)15-17-9-11-18(12-10-17)40-25(39)34-13-7-8-14-34/h9-12,16,19H,4-8,13-15H2,1-3H3,(H,36,37)(H,30,31,32). The highest BCUT2D eigenvalue weighted by molar-refractivity contribution is 5.99. The maximum absolute atomic E-state index is 13.3. The molecule has 1 fully saturated rings. The smallest absolute Gasteiger partial charge is 0.471 e. The number of carboxylic acids is 1. The number of anilines is 3. The van der Waals surface area contributed by atoms with Crippen LogP contribution in [0.2, 0.25) is 0 Å². The number of rotatable bonds is 11. The van der Waals surface area contributed by atoms with Crippen molar-refractivity contribution in [3.8, 4) is 5.75 Å². The van der Waals surface area contributed by atoms with E-state index >= 15 is 0 Å². The molecule has 1 saturated heterocycles. The molecule has 1 aliphatic rings. The molecule has 2 aromatic rings. The summed E-state index contributed by atoms with van der Waals surface area (Å²) in [7, 11) is 0. The van der Waals surface area contributed by atoms with Crippen molar-refractivity contribution in [2.24, 2.45) is 0 Å². The zero-order valence-corrected chi connectivity index (χ0v) is 22.6. The molecule has 2 heterocycles. The Morgan fingerprint density at radius 1 is 1.07 bits per heavy atom. The molecular formula is C26H33F3N6O5. The molecule has 1 unspecified atom stereocenters. The van der Waals surface area contributed by atoms with E-state index in [-0.39, 0.29) is 30.4 Å². The van der Waals surface area contributed by atoms with Crippen LogP contribution in [0.1, 0.15) is 39.2 Å². The van der Waals surface area contributed by atoms with Gasteiger partial charge in [-0.25, -0.2) is 14.6 Å². The lowest BCUT2D eigenvalue weighted by molar-refractivity contribution is -0.170. The molecule has 218 valence electrons. The quantitative estimate of drug-likeness (QED) is 0.416. The third kappa shape index (κ3) is 7.51. The van der Waals surface area contributed by atoms with Gasteiger partial charge in [0.15, 0.2) is 5.82 Å². The summed E-state index contributed by atoms with van der Waals surface area (Å²) in [6.45, 7) is 6.93. The number of nitrogens with one attached hydrogen (secondary N) is 1. The van der Waals surface area contributed by atoms with Crippen molar-refractivity contribution in [1.29, 1.82) is 0 Å². The molecule has 1 aliphatic heterocycles. The van der Waals surface area contributed by atoms with Crippen molar-refractivity contribution in [2.45, 2.75) is 52.3 Å². The van der Waals surface area contributed by atoms with E-state index in [4.69, 9.17) is 4.74 Å². The summed E-state index contributed by atoms with van der Waals surface area (Å²) < 4.78 is 45.3. The zero-order valence-electron chi connectivity index (χ0n) is 22.6. The number of likely N-dealkylation sites (tertiary alicyclic amines) is 1. The van der Waals surface area contributed by atoms with Gasteiger partial charge in [-0.2, -0.15) is 18.2 Å². The number of carbonyl (C=O) groups excluding carboxylic acids is 2. The first-order chi connectivity index (χ1) is 19.0. The normalized spacial score (nSPS) is 14.0. The molecular weight excluding hydrogens is 533 g/mol. The number of carboxylic acid groups (broad SMARTS) is 1. The first-order valence-corrected chi connectivity index (χ1v) is 13.0. The number of benzene rings is 1. The minimum absolute atomic E-state index is 0.0843. The molecule has 40 heavy (non-hydrogen) atoms. The SMILES string of the molecule is CCN(CC)c1ncc(N(CC)C(=O)C(F)(F)F)c(NC(Cc2ccc(OC(=O)N3CCCC3)cc2)C(=O)O)n1. The molecule has 0 bridgehead atoms. The molecule has 2 N–H and O–H groups in total. The maximum Gasteiger partial charge on any atom is 0.471 e. The molecule has 2 amide bonds. The van der Waals surface area contributed by atoms with E-state index in [0.717, 1.165) is 19.0 Å². The van der Waals surface area contributed by atoms with Gasteiger partial charge >= 0.3 is 24.1 Å². The lowest BCUT2D eigenvalue weighted by Crippen LogP contribution is -2.42. The molecule has 1 aromatic carbocycles. The Kier molecular flexibility index (Phi) is 10.1. The second-order valence-electron chi connectivity index (χ2n) is 9.07. The van der Waals surface area contributed by atoms with Crippen molar-refractivity contribution in [3.63, 3.8) is 0 Å². The summed E-state index contributed by atoms with van der Waals surface area (Å²) in [6, 6.07) is 4.95. The number of carbonyl (C=O) groups is 3. The number of aliphatic carboxylic acids is 1. The summed E-state index contributed by atoms with van der Waals surface area (Å²) >= 11 is 0. The van der Waals surface area contributed by atoms with Crippen LogP contribution in [0.4, 0.5) is 35.4 Å². The molecule has 0 aliphatic carbocycles. The van der Waals surface area contributed by atoms with Crippen LogP contribution in [0.25, 0.3) is 0 Å². The van der Waals surface area contributed by atoms with Crippen molar-refractivity contribution in [2.75, 3.05) is 47.8 Å². The highest BCUT2D eigenvalue weighted by Gasteiger charge is 2.43. The second-order valence-corrected chi connectivity index (χ2v) is 9.07. The van der Waals surface area contributed by atoms with Gasteiger partial charge in [0.05, 0.1) is 6.20 Å². The first-order valence-electron chi connectivity index (χ1n) is 13.0. The van der Waals surface area contributed by atoms with Crippen LogP contribution in [0.5, 0.6) is 5.75 Å². The number of halogens is 3. The minimum atomic E-state index is -5.16. The van der Waals surface area contributed by atoms with Gasteiger partial charge in [-0.15, -0.1) is 0 Å². The lowest BCUT2D eigenvalue weighted by atomic mass is 10.1. The lowest BCUT2D eigenvalue weighted by Gasteiger charge is -2.27. The fourth-order valence-electron chi connectivity index (χ4n) is 4.26. The summed E-state index contributed by atoms with van der Waals surface area (Å²) in [5, 5.41) is 12.6. The Bertz CT molecular complexity index is 1180. The van der Waals surface area contributed by atoms with Gasteiger partial charge in [0.2, 0.25) is 5.95 Å². The van der Waals surface area contributed by atoms with Crippen molar-refractivity contribution < 1.29 is 37.4 Å². The molecule has 1 aromatic heterocycles. The second kappa shape index (κ2) is 13.3. The van der Waals surface area contributed by atoms with Crippen LogP contribution in [-0.4, -0.2) is 82.9 Å². The topological polar surface area (TPSA) is 128 Å². The van der Waals surface area contributed by atoms with Crippen molar-refractivity contribution in [1.82, 2.24) is 14.9 Å². The Hall–Kier alpha value is -4.10. The van der Waals surface area contributed by atoms with Gasteiger partial charge in [0.1, 0.15) is 17.5 Å². The van der Waals surface area contributed by atoms with E-state index in [1.54, 1.807) is 21.9 Å². The number of ether oxygens (including phenoxy) is 1. The fourth-order valence-corrected chi connectivity index (χ4v) is 4.26. The first kappa shape index (κ1) is 30.4. The van der Waals surface area contributed by atoms with Gasteiger partial charge in [0, 0.05) is 39.1 Å². The van der Waals surface area contributed by atoms with Gasteiger partial charge in [-0.05, 0) is 51.3 Å². The Morgan fingerprint density at radius 3 is 2.23 bits per heavy atom. The number of hydrogen-bond acceptors (Lipinski definition) is 8. The fraction of sp³-hybridized carbons (Fsp3) is 0.500. The summed E-state index contributed by atoms with van der Waals surface area (Å²) in [4.78, 5) is 48.8. The number of hydrogen-bond donors (Lipinski definition) is 2. The molecule has 3 rings (SSSR count). The predicted octanol–water partition coefficient (Wildman–Crippen LogP) is 3.94. The summed E-state index contributed by atoms with van der Waals surface area (Å²) in [5.41, 5.74) is 0.260. The van der Waals surface area contributed by atoms with Crippen molar-refractivity contribution in [3.05, 3.63) is 36.0 Å². The van der Waals surface area contributed by atoms with Crippen LogP contribution in [0, 0.1) is 0 Å². The van der Waals surface area contributed by atoms with Crippen LogP contribution >= 0.6 is 0 Å². The summed E-state index contributed by atoms with van der Waals surface area (Å²) in [6.07, 6.45) is -2.77. The van der Waals surface area contributed by atoms with E-state index in [1.807, 2.05) is 13.8 Å². The monoisotopic (exact) mass is 566 g/mol. The molecule has 0 radical (unpaired) electrons. The highest BCUT2D eigenvalue weighted by atomic mass is 19.4. The average Bonchev–Trinajstić information content (AvgIpc) is 3.46. The number of alkyl halides is 3. The third-order valence-electron chi connectivity index (χ3n) is 6.44. The van der Waals surface area contributed by atoms with E-state index in [1.165, 1.54) is 19.1 Å². The van der Waals surface area contributed by atoms with E-state index in [9.17, 15) is 32.7 Å².